The summed E-state index contributed by atoms with van der Waals surface area (Å²) < 4.78 is 3.12. The average molecular weight is 346 g/mol. The molecular weight excluding hydrogens is 330 g/mol. The van der Waals surface area contributed by atoms with Gasteiger partial charge in [0.1, 0.15) is 0 Å². The first kappa shape index (κ1) is 13.0. The van der Waals surface area contributed by atoms with Crippen molar-refractivity contribution in [2.24, 2.45) is 0 Å². The number of aromatic nitrogens is 4. The zero-order chi connectivity index (χ0) is 14.3. The van der Waals surface area contributed by atoms with Crippen LogP contribution < -0.4 is 5.32 Å². The summed E-state index contributed by atoms with van der Waals surface area (Å²) in [4.78, 5) is 3.45. The molecule has 0 amide bonds. The standard InChI is InChI=1S/C15H16BrN5/c16-13-2-1-3-14-12(13)8-11(19-14)9-17-10-15(4-5-15)21-7-6-18-20-21/h1-3,6-8,17,19H,4-5,9-10H2. The van der Waals surface area contributed by atoms with Gasteiger partial charge in [0, 0.05) is 40.4 Å². The van der Waals surface area contributed by atoms with E-state index in [2.05, 4.69) is 54.7 Å². The van der Waals surface area contributed by atoms with E-state index >= 15 is 0 Å². The maximum Gasteiger partial charge on any atom is 0.0771 e. The molecule has 1 saturated carbocycles. The Balaban J connectivity index is 1.44. The summed E-state index contributed by atoms with van der Waals surface area (Å²) in [6, 6.07) is 8.41. The van der Waals surface area contributed by atoms with E-state index in [1.807, 2.05) is 16.9 Å². The number of benzene rings is 1. The summed E-state index contributed by atoms with van der Waals surface area (Å²) in [6.07, 6.45) is 6.03. The molecule has 4 rings (SSSR count). The Bertz CT molecular complexity index is 758. The maximum absolute atomic E-state index is 4.14. The van der Waals surface area contributed by atoms with E-state index in [1.54, 1.807) is 6.20 Å². The van der Waals surface area contributed by atoms with Crippen molar-refractivity contribution in [3.05, 3.63) is 46.8 Å². The van der Waals surface area contributed by atoms with Crippen molar-refractivity contribution in [2.75, 3.05) is 6.54 Å². The van der Waals surface area contributed by atoms with E-state index < -0.39 is 0 Å². The highest BCUT2D eigenvalue weighted by Crippen LogP contribution is 2.42. The van der Waals surface area contributed by atoms with Gasteiger partial charge in [-0.25, -0.2) is 4.68 Å². The van der Waals surface area contributed by atoms with Gasteiger partial charge in [0.2, 0.25) is 0 Å². The average Bonchev–Trinajstić information content (AvgIpc) is 2.93. The van der Waals surface area contributed by atoms with Crippen molar-refractivity contribution in [2.45, 2.75) is 24.9 Å². The molecule has 2 aromatic heterocycles. The second-order valence-electron chi connectivity index (χ2n) is 5.67. The second-order valence-corrected chi connectivity index (χ2v) is 6.53. The van der Waals surface area contributed by atoms with Crippen LogP contribution in [-0.4, -0.2) is 26.5 Å². The normalized spacial score (nSPS) is 16.4. The Labute approximate surface area is 130 Å². The maximum atomic E-state index is 4.14. The molecule has 0 unspecified atom stereocenters. The molecule has 0 saturated heterocycles. The first-order valence-electron chi connectivity index (χ1n) is 7.11. The zero-order valence-corrected chi connectivity index (χ0v) is 13.1. The molecule has 1 fully saturated rings. The molecule has 1 aliphatic rings. The lowest BCUT2D eigenvalue weighted by Crippen LogP contribution is -2.32. The molecule has 5 nitrogen and oxygen atoms in total. The Kier molecular flexibility index (Phi) is 3.08. The van der Waals surface area contributed by atoms with E-state index in [9.17, 15) is 0 Å². The Hall–Kier alpha value is -1.66. The third-order valence-electron chi connectivity index (χ3n) is 4.17. The van der Waals surface area contributed by atoms with E-state index in [0.29, 0.717) is 0 Å². The molecule has 1 aliphatic carbocycles. The second kappa shape index (κ2) is 4.96. The third-order valence-corrected chi connectivity index (χ3v) is 4.86. The number of H-pyrrole nitrogens is 1. The monoisotopic (exact) mass is 345 g/mol. The molecule has 0 radical (unpaired) electrons. The molecular formula is C15H16BrN5. The summed E-state index contributed by atoms with van der Waals surface area (Å²) in [7, 11) is 0. The fourth-order valence-corrected chi connectivity index (χ4v) is 3.27. The summed E-state index contributed by atoms with van der Waals surface area (Å²) in [5, 5.41) is 12.8. The summed E-state index contributed by atoms with van der Waals surface area (Å²) in [6.45, 7) is 1.75. The highest BCUT2D eigenvalue weighted by atomic mass is 79.9. The van der Waals surface area contributed by atoms with Crippen LogP contribution in [0.15, 0.2) is 41.1 Å². The first-order chi connectivity index (χ1) is 10.3. The van der Waals surface area contributed by atoms with Crippen LogP contribution in [0.4, 0.5) is 0 Å². The summed E-state index contributed by atoms with van der Waals surface area (Å²) in [5.74, 6) is 0. The van der Waals surface area contributed by atoms with Gasteiger partial charge in [-0.3, -0.25) is 0 Å². The molecule has 0 atom stereocenters. The van der Waals surface area contributed by atoms with Gasteiger partial charge in [-0.1, -0.05) is 27.2 Å². The largest absolute Gasteiger partial charge is 0.357 e. The van der Waals surface area contributed by atoms with Crippen LogP contribution in [-0.2, 0) is 12.1 Å². The van der Waals surface area contributed by atoms with Crippen LogP contribution in [0.2, 0.25) is 0 Å². The Morgan fingerprint density at radius 1 is 1.38 bits per heavy atom. The minimum Gasteiger partial charge on any atom is -0.357 e. The van der Waals surface area contributed by atoms with Crippen molar-refractivity contribution < 1.29 is 0 Å². The van der Waals surface area contributed by atoms with Crippen molar-refractivity contribution in [1.29, 1.82) is 0 Å². The fourth-order valence-electron chi connectivity index (χ4n) is 2.79. The van der Waals surface area contributed by atoms with Gasteiger partial charge in [-0.2, -0.15) is 0 Å². The molecule has 21 heavy (non-hydrogen) atoms. The van der Waals surface area contributed by atoms with E-state index in [1.165, 1.54) is 29.4 Å². The molecule has 2 N–H and O–H groups in total. The molecule has 0 aliphatic heterocycles. The Morgan fingerprint density at radius 2 is 2.29 bits per heavy atom. The van der Waals surface area contributed by atoms with Crippen molar-refractivity contribution in [3.63, 3.8) is 0 Å². The lowest BCUT2D eigenvalue weighted by atomic mass is 10.2. The van der Waals surface area contributed by atoms with Gasteiger partial charge in [0.15, 0.2) is 0 Å². The molecule has 2 heterocycles. The number of nitrogens with one attached hydrogen (secondary N) is 2. The van der Waals surface area contributed by atoms with Crippen molar-refractivity contribution in [3.8, 4) is 0 Å². The molecule has 1 aromatic carbocycles. The topological polar surface area (TPSA) is 58.5 Å². The van der Waals surface area contributed by atoms with Gasteiger partial charge in [0.25, 0.3) is 0 Å². The van der Waals surface area contributed by atoms with Gasteiger partial charge in [0.05, 0.1) is 11.7 Å². The zero-order valence-electron chi connectivity index (χ0n) is 11.5. The lowest BCUT2D eigenvalue weighted by molar-refractivity contribution is 0.391. The highest BCUT2D eigenvalue weighted by Gasteiger charge is 2.45. The molecule has 3 aromatic rings. The third kappa shape index (κ3) is 2.38. The van der Waals surface area contributed by atoms with E-state index in [-0.39, 0.29) is 5.54 Å². The molecule has 6 heteroatoms. The summed E-state index contributed by atoms with van der Waals surface area (Å²) >= 11 is 3.59. The minimum absolute atomic E-state index is 0.142. The molecule has 0 spiro atoms. The predicted molar refractivity (Wildman–Crippen MR) is 84.9 cm³/mol. The quantitative estimate of drug-likeness (QED) is 0.747. The van der Waals surface area contributed by atoms with Crippen LogP contribution >= 0.6 is 15.9 Å². The highest BCUT2D eigenvalue weighted by molar-refractivity contribution is 9.10. The van der Waals surface area contributed by atoms with Gasteiger partial charge < -0.3 is 10.3 Å². The van der Waals surface area contributed by atoms with Gasteiger partial charge in [-0.05, 0) is 31.0 Å². The van der Waals surface area contributed by atoms with Gasteiger partial charge >= 0.3 is 0 Å². The molecule has 108 valence electrons. The SMILES string of the molecule is Brc1cccc2[nH]c(CNCC3(n4ccnn4)CC3)cc12. The van der Waals surface area contributed by atoms with Crippen LogP contribution in [0.5, 0.6) is 0 Å². The van der Waals surface area contributed by atoms with E-state index in [0.717, 1.165) is 17.6 Å². The number of hydrogen-bond acceptors (Lipinski definition) is 3. The van der Waals surface area contributed by atoms with E-state index in [4.69, 9.17) is 0 Å². The number of hydrogen-bond donors (Lipinski definition) is 2. The summed E-state index contributed by atoms with van der Waals surface area (Å²) in [5.41, 5.74) is 2.51. The number of halogens is 1. The van der Waals surface area contributed by atoms with Crippen LogP contribution in [0, 0.1) is 0 Å². The van der Waals surface area contributed by atoms with Crippen LogP contribution in [0.3, 0.4) is 0 Å². The van der Waals surface area contributed by atoms with Crippen molar-refractivity contribution >= 4 is 26.8 Å². The smallest absolute Gasteiger partial charge is 0.0771 e. The van der Waals surface area contributed by atoms with Crippen LogP contribution in [0.25, 0.3) is 10.9 Å². The molecule has 0 bridgehead atoms. The van der Waals surface area contributed by atoms with Crippen LogP contribution in [0.1, 0.15) is 18.5 Å². The fraction of sp³-hybridized carbons (Fsp3) is 0.333. The number of aromatic amines is 1. The number of fused-ring (bicyclic) bond motifs is 1. The minimum atomic E-state index is 0.142. The number of nitrogens with zero attached hydrogens (tertiary/aromatic N) is 3. The first-order valence-corrected chi connectivity index (χ1v) is 7.90. The Morgan fingerprint density at radius 3 is 3.00 bits per heavy atom. The van der Waals surface area contributed by atoms with Crippen molar-refractivity contribution in [1.82, 2.24) is 25.3 Å². The predicted octanol–water partition coefficient (Wildman–Crippen LogP) is 2.80. The lowest BCUT2D eigenvalue weighted by Gasteiger charge is -2.15. The number of rotatable bonds is 5. The van der Waals surface area contributed by atoms with Gasteiger partial charge in [-0.15, -0.1) is 5.10 Å².